The topological polar surface area (TPSA) is 79.3 Å². The van der Waals surface area contributed by atoms with Crippen LogP contribution >= 0.6 is 0 Å². The maximum absolute atomic E-state index is 12.9. The molecule has 176 valence electrons. The van der Waals surface area contributed by atoms with E-state index in [2.05, 4.69) is 4.74 Å². The maximum Gasteiger partial charge on any atom is 0.573 e. The number of ether oxygens (including phenoxy) is 2. The van der Waals surface area contributed by atoms with Gasteiger partial charge in [-0.1, -0.05) is 12.1 Å². The van der Waals surface area contributed by atoms with Crippen LogP contribution in [0.15, 0.2) is 42.5 Å². The molecule has 2 aromatic carbocycles. The van der Waals surface area contributed by atoms with Crippen molar-refractivity contribution in [3.63, 3.8) is 0 Å². The van der Waals surface area contributed by atoms with Crippen LogP contribution in [0.2, 0.25) is 0 Å². The summed E-state index contributed by atoms with van der Waals surface area (Å²) in [5, 5.41) is 9.99. The van der Waals surface area contributed by atoms with E-state index in [0.717, 1.165) is 0 Å². The Kier molecular flexibility index (Phi) is 5.96. The largest absolute Gasteiger partial charge is 0.573 e. The zero-order chi connectivity index (χ0) is 23.8. The van der Waals surface area contributed by atoms with Crippen molar-refractivity contribution in [1.29, 1.82) is 0 Å². The number of carbonyl (C=O) groups excluding carboxylic acids is 2. The van der Waals surface area contributed by atoms with Crippen LogP contribution in [0.3, 0.4) is 0 Å². The van der Waals surface area contributed by atoms with E-state index in [0.29, 0.717) is 61.5 Å². The first-order valence-corrected chi connectivity index (χ1v) is 10.4. The Morgan fingerprint density at radius 2 is 1.58 bits per heavy atom. The number of amides is 2. The van der Waals surface area contributed by atoms with Gasteiger partial charge in [0.15, 0.2) is 0 Å². The Balaban J connectivity index is 1.45. The summed E-state index contributed by atoms with van der Waals surface area (Å²) in [6, 6.07) is 10.2. The minimum Gasteiger partial charge on any atom is -0.496 e. The number of methoxy groups -OCH3 is 1. The molecule has 0 radical (unpaired) electrons. The van der Waals surface area contributed by atoms with Crippen molar-refractivity contribution in [2.75, 3.05) is 33.3 Å². The zero-order valence-electron chi connectivity index (χ0n) is 17.9. The molecule has 1 aliphatic carbocycles. The lowest BCUT2D eigenvalue weighted by molar-refractivity contribution is -0.274. The lowest BCUT2D eigenvalue weighted by atomic mass is 10.0. The lowest BCUT2D eigenvalue weighted by Crippen LogP contribution is -2.53. The number of halogens is 3. The number of alkyl halides is 3. The molecule has 0 atom stereocenters. The SMILES string of the molecule is COc1ccc(OC(F)(F)F)cc1-c1ccc(C(=O)N2CCN(C(=O)C3(O)CC3)CC2)cc1. The van der Waals surface area contributed by atoms with Gasteiger partial charge in [0.25, 0.3) is 11.8 Å². The van der Waals surface area contributed by atoms with Crippen LogP contribution < -0.4 is 9.47 Å². The van der Waals surface area contributed by atoms with E-state index < -0.39 is 12.0 Å². The van der Waals surface area contributed by atoms with Crippen LogP contribution in [0.5, 0.6) is 11.5 Å². The smallest absolute Gasteiger partial charge is 0.496 e. The molecule has 0 aromatic heterocycles. The molecule has 1 N–H and O–H groups in total. The predicted molar refractivity (Wildman–Crippen MR) is 112 cm³/mol. The van der Waals surface area contributed by atoms with Gasteiger partial charge < -0.3 is 24.4 Å². The highest BCUT2D eigenvalue weighted by molar-refractivity contribution is 5.95. The molecule has 4 rings (SSSR count). The van der Waals surface area contributed by atoms with Gasteiger partial charge in [0.05, 0.1) is 7.11 Å². The molecular weight excluding hydrogens is 441 g/mol. The van der Waals surface area contributed by atoms with Crippen molar-refractivity contribution < 1.29 is 37.3 Å². The first-order chi connectivity index (χ1) is 15.6. The quantitative estimate of drug-likeness (QED) is 0.736. The average molecular weight is 464 g/mol. The molecule has 33 heavy (non-hydrogen) atoms. The highest BCUT2D eigenvalue weighted by atomic mass is 19.4. The van der Waals surface area contributed by atoms with E-state index >= 15 is 0 Å². The van der Waals surface area contributed by atoms with E-state index in [9.17, 15) is 27.9 Å². The predicted octanol–water partition coefficient (Wildman–Crippen LogP) is 3.07. The number of aliphatic hydroxyl groups is 1. The molecule has 10 heteroatoms. The molecule has 1 saturated heterocycles. The normalized spacial score (nSPS) is 17.5. The monoisotopic (exact) mass is 464 g/mol. The molecule has 1 aliphatic heterocycles. The Morgan fingerprint density at radius 3 is 2.12 bits per heavy atom. The van der Waals surface area contributed by atoms with Gasteiger partial charge >= 0.3 is 6.36 Å². The molecule has 0 bridgehead atoms. The first-order valence-electron chi connectivity index (χ1n) is 10.4. The Hall–Kier alpha value is -3.27. The fourth-order valence-corrected chi connectivity index (χ4v) is 3.82. The molecule has 0 unspecified atom stereocenters. The fraction of sp³-hybridized carbons (Fsp3) is 0.391. The number of nitrogens with zero attached hydrogens (tertiary/aromatic N) is 2. The minimum atomic E-state index is -4.81. The lowest BCUT2D eigenvalue weighted by Gasteiger charge is -2.35. The number of rotatable bonds is 5. The van der Waals surface area contributed by atoms with Crippen molar-refractivity contribution in [1.82, 2.24) is 9.80 Å². The van der Waals surface area contributed by atoms with Gasteiger partial charge in [0, 0.05) is 37.3 Å². The number of carbonyl (C=O) groups is 2. The van der Waals surface area contributed by atoms with Crippen molar-refractivity contribution in [3.8, 4) is 22.6 Å². The molecule has 1 saturated carbocycles. The Labute approximate surface area is 188 Å². The second kappa shape index (κ2) is 8.58. The van der Waals surface area contributed by atoms with Crippen LogP contribution in [0, 0.1) is 0 Å². The molecule has 2 amide bonds. The highest BCUT2D eigenvalue weighted by Crippen LogP contribution is 2.37. The summed E-state index contributed by atoms with van der Waals surface area (Å²) in [6.45, 7) is 1.42. The van der Waals surface area contributed by atoms with E-state index in [1.165, 1.54) is 25.3 Å². The third-order valence-electron chi connectivity index (χ3n) is 5.82. The van der Waals surface area contributed by atoms with Crippen LogP contribution in [-0.4, -0.2) is 72.0 Å². The summed E-state index contributed by atoms with van der Waals surface area (Å²) in [6.07, 6.45) is -3.85. The highest BCUT2D eigenvalue weighted by Gasteiger charge is 2.50. The maximum atomic E-state index is 12.9. The second-order valence-electron chi connectivity index (χ2n) is 8.10. The van der Waals surface area contributed by atoms with Crippen LogP contribution in [0.25, 0.3) is 11.1 Å². The summed E-state index contributed by atoms with van der Waals surface area (Å²) in [5.41, 5.74) is 0.152. The van der Waals surface area contributed by atoms with Gasteiger partial charge in [-0.2, -0.15) is 0 Å². The second-order valence-corrected chi connectivity index (χ2v) is 8.10. The van der Waals surface area contributed by atoms with Gasteiger partial charge in [0.2, 0.25) is 0 Å². The number of hydrogen-bond donors (Lipinski definition) is 1. The summed E-state index contributed by atoms with van der Waals surface area (Å²) in [7, 11) is 1.41. The van der Waals surface area contributed by atoms with Gasteiger partial charge in [-0.05, 0) is 48.7 Å². The van der Waals surface area contributed by atoms with Gasteiger partial charge in [-0.25, -0.2) is 0 Å². The van der Waals surface area contributed by atoms with Gasteiger partial charge in [0.1, 0.15) is 17.1 Å². The minimum absolute atomic E-state index is 0.208. The molecule has 2 fully saturated rings. The average Bonchev–Trinajstić information content (AvgIpc) is 3.56. The van der Waals surface area contributed by atoms with Gasteiger partial charge in [-0.15, -0.1) is 13.2 Å². The molecular formula is C23H23F3N2O5. The van der Waals surface area contributed by atoms with E-state index in [4.69, 9.17) is 4.74 Å². The van der Waals surface area contributed by atoms with Crippen LogP contribution in [0.1, 0.15) is 23.2 Å². The van der Waals surface area contributed by atoms with Crippen LogP contribution in [-0.2, 0) is 4.79 Å². The standard InChI is InChI=1S/C23H23F3N2O5/c1-32-19-7-6-17(33-23(24,25)26)14-18(19)15-2-4-16(5-3-15)20(29)27-10-12-28(13-11-27)21(30)22(31)8-9-22/h2-7,14,31H,8-13H2,1H3. The number of hydrogen-bond acceptors (Lipinski definition) is 5. The third-order valence-corrected chi connectivity index (χ3v) is 5.82. The first kappa shape index (κ1) is 22.9. The fourth-order valence-electron chi connectivity index (χ4n) is 3.82. The molecule has 2 aromatic rings. The van der Waals surface area contributed by atoms with Crippen LogP contribution in [0.4, 0.5) is 13.2 Å². The van der Waals surface area contributed by atoms with E-state index in [1.54, 1.807) is 34.1 Å². The van der Waals surface area contributed by atoms with Crippen molar-refractivity contribution in [3.05, 3.63) is 48.0 Å². The summed E-state index contributed by atoms with van der Waals surface area (Å²) < 4.78 is 47.0. The summed E-state index contributed by atoms with van der Waals surface area (Å²) >= 11 is 0. The van der Waals surface area contributed by atoms with Gasteiger partial charge in [-0.3, -0.25) is 9.59 Å². The van der Waals surface area contributed by atoms with Crippen molar-refractivity contribution in [2.24, 2.45) is 0 Å². The molecule has 2 aliphatic rings. The van der Waals surface area contributed by atoms with Crippen molar-refractivity contribution in [2.45, 2.75) is 24.8 Å². The summed E-state index contributed by atoms with van der Waals surface area (Å²) in [5.74, 6) is -0.493. The Morgan fingerprint density at radius 1 is 0.970 bits per heavy atom. The third kappa shape index (κ3) is 5.05. The van der Waals surface area contributed by atoms with E-state index in [-0.39, 0.29) is 17.6 Å². The zero-order valence-corrected chi connectivity index (χ0v) is 17.9. The molecule has 7 nitrogen and oxygen atoms in total. The summed E-state index contributed by atoms with van der Waals surface area (Å²) in [4.78, 5) is 28.3. The van der Waals surface area contributed by atoms with Crippen molar-refractivity contribution >= 4 is 11.8 Å². The molecule has 1 heterocycles. The number of benzene rings is 2. The van der Waals surface area contributed by atoms with E-state index in [1.807, 2.05) is 0 Å². The Bertz CT molecular complexity index is 1040. The molecule has 0 spiro atoms. The number of piperazine rings is 1.